The molecule has 0 aliphatic carbocycles. The van der Waals surface area contributed by atoms with Crippen LogP contribution < -0.4 is 0 Å². The Morgan fingerprint density at radius 3 is 2.22 bits per heavy atom. The minimum Gasteiger partial charge on any atom is -0.356 e. The van der Waals surface area contributed by atoms with Crippen molar-refractivity contribution < 1.29 is 14.6 Å². The molecule has 0 saturated carbocycles. The number of methoxy groups -OCH3 is 2. The van der Waals surface area contributed by atoms with E-state index in [0.717, 1.165) is 0 Å². The van der Waals surface area contributed by atoms with Crippen molar-refractivity contribution in [2.24, 2.45) is 0 Å². The second-order valence-electron chi connectivity index (χ2n) is 1.75. The molecular formula is C6H13O3. The van der Waals surface area contributed by atoms with Gasteiger partial charge in [-0.2, -0.15) is 0 Å². The molecule has 1 radical (unpaired) electrons. The van der Waals surface area contributed by atoms with E-state index in [9.17, 15) is 5.11 Å². The summed E-state index contributed by atoms with van der Waals surface area (Å²) in [4.78, 5) is 0. The van der Waals surface area contributed by atoms with Crippen LogP contribution in [0.5, 0.6) is 0 Å². The summed E-state index contributed by atoms with van der Waals surface area (Å²) in [6.45, 7) is -0.0524. The Labute approximate surface area is 55.6 Å². The zero-order valence-corrected chi connectivity index (χ0v) is 5.92. The lowest BCUT2D eigenvalue weighted by molar-refractivity contribution is -0.109. The van der Waals surface area contributed by atoms with Gasteiger partial charge in [-0.1, -0.05) is 0 Å². The van der Waals surface area contributed by atoms with Gasteiger partial charge in [0.1, 0.15) is 0 Å². The van der Waals surface area contributed by atoms with Crippen LogP contribution in [0.4, 0.5) is 0 Å². The minimum atomic E-state index is -0.195. The largest absolute Gasteiger partial charge is 0.356 e. The van der Waals surface area contributed by atoms with Crippen LogP contribution in [0, 0.1) is 0 Å². The quantitative estimate of drug-likeness (QED) is 0.521. The first-order valence-corrected chi connectivity index (χ1v) is 2.98. The van der Waals surface area contributed by atoms with Gasteiger partial charge in [0.05, 0.1) is 6.61 Å². The molecule has 55 valence electrons. The van der Waals surface area contributed by atoms with Gasteiger partial charge in [-0.25, -0.2) is 5.11 Å². The summed E-state index contributed by atoms with van der Waals surface area (Å²) < 4.78 is 9.68. The van der Waals surface area contributed by atoms with E-state index in [-0.39, 0.29) is 12.9 Å². The van der Waals surface area contributed by atoms with Crippen LogP contribution in [0.3, 0.4) is 0 Å². The normalized spacial score (nSPS) is 10.7. The van der Waals surface area contributed by atoms with Gasteiger partial charge >= 0.3 is 0 Å². The summed E-state index contributed by atoms with van der Waals surface area (Å²) in [5.41, 5.74) is 0. The van der Waals surface area contributed by atoms with Crippen molar-refractivity contribution in [2.75, 3.05) is 20.8 Å². The summed E-state index contributed by atoms with van der Waals surface area (Å²) in [6.07, 6.45) is 1.11. The molecule has 0 rings (SSSR count). The van der Waals surface area contributed by atoms with Crippen molar-refractivity contribution in [3.05, 3.63) is 0 Å². The molecule has 0 aliphatic heterocycles. The minimum absolute atomic E-state index is 0.0524. The monoisotopic (exact) mass is 133 g/mol. The lowest BCUT2D eigenvalue weighted by atomic mass is 10.3. The van der Waals surface area contributed by atoms with Crippen molar-refractivity contribution in [1.29, 1.82) is 0 Å². The predicted octanol–water partition coefficient (Wildman–Crippen LogP) is 0.816. The molecule has 3 nitrogen and oxygen atoms in total. The van der Waals surface area contributed by atoms with Crippen LogP contribution >= 0.6 is 0 Å². The molecule has 0 aliphatic rings. The lowest BCUT2D eigenvalue weighted by Crippen LogP contribution is -2.12. The maximum absolute atomic E-state index is 9.96. The third-order valence-corrected chi connectivity index (χ3v) is 1.11. The molecule has 0 atom stereocenters. The fraction of sp³-hybridized carbons (Fsp3) is 1.00. The Hall–Kier alpha value is -0.120. The highest BCUT2D eigenvalue weighted by molar-refractivity contribution is 4.41. The molecule has 0 N–H and O–H groups in total. The topological polar surface area (TPSA) is 38.4 Å². The molecular weight excluding hydrogens is 120 g/mol. The van der Waals surface area contributed by atoms with E-state index in [1.54, 1.807) is 14.2 Å². The van der Waals surface area contributed by atoms with E-state index in [2.05, 4.69) is 0 Å². The number of hydrogen-bond donors (Lipinski definition) is 0. The molecule has 0 saturated heterocycles. The average Bonchev–Trinajstić information content (AvgIpc) is 1.91. The fourth-order valence-corrected chi connectivity index (χ4v) is 0.582. The molecule has 0 spiro atoms. The van der Waals surface area contributed by atoms with E-state index < -0.39 is 0 Å². The zero-order chi connectivity index (χ0) is 7.11. The second-order valence-corrected chi connectivity index (χ2v) is 1.75. The first-order valence-electron chi connectivity index (χ1n) is 2.98. The predicted molar refractivity (Wildman–Crippen MR) is 32.6 cm³/mol. The van der Waals surface area contributed by atoms with Gasteiger partial charge < -0.3 is 9.47 Å². The third kappa shape index (κ3) is 4.39. The van der Waals surface area contributed by atoms with E-state index >= 15 is 0 Å². The highest BCUT2D eigenvalue weighted by Crippen LogP contribution is 1.99. The van der Waals surface area contributed by atoms with Gasteiger partial charge in [-0.15, -0.1) is 0 Å². The van der Waals surface area contributed by atoms with Crippen molar-refractivity contribution >= 4 is 0 Å². The first kappa shape index (κ1) is 8.88. The summed E-state index contributed by atoms with van der Waals surface area (Å²) in [5.74, 6) is 0. The van der Waals surface area contributed by atoms with Gasteiger partial charge in [0, 0.05) is 20.6 Å². The van der Waals surface area contributed by atoms with Gasteiger partial charge in [0.15, 0.2) is 6.29 Å². The Bertz CT molecular complexity index is 52.3. The van der Waals surface area contributed by atoms with Gasteiger partial charge in [0.2, 0.25) is 0 Å². The molecule has 0 aromatic carbocycles. The molecule has 0 aromatic rings. The van der Waals surface area contributed by atoms with E-state index in [0.29, 0.717) is 12.8 Å². The molecule has 3 heteroatoms. The Morgan fingerprint density at radius 2 is 1.89 bits per heavy atom. The molecule has 0 heterocycles. The number of rotatable bonds is 5. The molecule has 9 heavy (non-hydrogen) atoms. The van der Waals surface area contributed by atoms with Crippen LogP contribution in [0.1, 0.15) is 12.8 Å². The lowest BCUT2D eigenvalue weighted by Gasteiger charge is -2.10. The first-order chi connectivity index (χ1) is 4.35. The maximum atomic E-state index is 9.96. The van der Waals surface area contributed by atoms with Crippen molar-refractivity contribution in [2.45, 2.75) is 19.1 Å². The molecule has 0 unspecified atom stereocenters. The van der Waals surface area contributed by atoms with Crippen LogP contribution in [0.25, 0.3) is 0 Å². The molecule has 0 fully saturated rings. The SMILES string of the molecule is COC(CCC[O])OC. The van der Waals surface area contributed by atoms with E-state index in [1.807, 2.05) is 0 Å². The zero-order valence-electron chi connectivity index (χ0n) is 5.92. The summed E-state index contributed by atoms with van der Waals surface area (Å²) >= 11 is 0. The average molecular weight is 133 g/mol. The fourth-order valence-electron chi connectivity index (χ4n) is 0.582. The summed E-state index contributed by atoms with van der Waals surface area (Å²) in [7, 11) is 3.14. The van der Waals surface area contributed by atoms with Crippen LogP contribution in [0.15, 0.2) is 0 Å². The van der Waals surface area contributed by atoms with Crippen LogP contribution in [-0.2, 0) is 14.6 Å². The van der Waals surface area contributed by atoms with Gasteiger partial charge in [0.25, 0.3) is 0 Å². The van der Waals surface area contributed by atoms with Gasteiger partial charge in [-0.05, 0) is 6.42 Å². The Kier molecular flexibility index (Phi) is 5.93. The summed E-state index contributed by atoms with van der Waals surface area (Å²) in [5, 5.41) is 9.96. The van der Waals surface area contributed by atoms with Crippen molar-refractivity contribution in [1.82, 2.24) is 0 Å². The number of ether oxygens (including phenoxy) is 2. The molecule has 0 aromatic heterocycles. The van der Waals surface area contributed by atoms with Crippen LogP contribution in [0.2, 0.25) is 0 Å². The maximum Gasteiger partial charge on any atom is 0.156 e. The highest BCUT2D eigenvalue weighted by Gasteiger charge is 2.02. The van der Waals surface area contributed by atoms with Crippen molar-refractivity contribution in [3.63, 3.8) is 0 Å². The summed E-state index contributed by atoms with van der Waals surface area (Å²) in [6, 6.07) is 0. The standard InChI is InChI=1S/C6H13O3/c1-8-6(9-2)4-3-5-7/h6H,3-5H2,1-2H3. The molecule has 0 amide bonds. The van der Waals surface area contributed by atoms with E-state index in [1.165, 1.54) is 0 Å². The smallest absolute Gasteiger partial charge is 0.156 e. The van der Waals surface area contributed by atoms with Crippen LogP contribution in [-0.4, -0.2) is 27.1 Å². The highest BCUT2D eigenvalue weighted by atomic mass is 16.7. The second kappa shape index (κ2) is 6.01. The van der Waals surface area contributed by atoms with E-state index in [4.69, 9.17) is 9.47 Å². The van der Waals surface area contributed by atoms with Crippen molar-refractivity contribution in [3.8, 4) is 0 Å². The molecule has 0 bridgehead atoms. The third-order valence-electron chi connectivity index (χ3n) is 1.11. The van der Waals surface area contributed by atoms with Gasteiger partial charge in [-0.3, -0.25) is 0 Å². The Balaban J connectivity index is 3.09. The Morgan fingerprint density at radius 1 is 1.33 bits per heavy atom. The number of hydrogen-bond acceptors (Lipinski definition) is 2.